The zero-order valence-corrected chi connectivity index (χ0v) is 15.5. The molecule has 0 spiro atoms. The summed E-state index contributed by atoms with van der Waals surface area (Å²) in [5.41, 5.74) is 0.441. The highest BCUT2D eigenvalue weighted by atomic mass is 32.2. The van der Waals surface area contributed by atoms with Crippen molar-refractivity contribution in [3.8, 4) is 0 Å². The highest BCUT2D eigenvalue weighted by molar-refractivity contribution is 7.89. The van der Waals surface area contributed by atoms with Gasteiger partial charge in [0.25, 0.3) is 5.91 Å². The lowest BCUT2D eigenvalue weighted by Crippen LogP contribution is -2.49. The van der Waals surface area contributed by atoms with Crippen molar-refractivity contribution in [2.24, 2.45) is 0 Å². The quantitative estimate of drug-likeness (QED) is 0.762. The van der Waals surface area contributed by atoms with E-state index in [1.165, 1.54) is 35.5 Å². The van der Waals surface area contributed by atoms with Crippen LogP contribution in [0.5, 0.6) is 0 Å². The molecular formula is C17H25N3O4S. The Hall–Kier alpha value is -1.93. The van der Waals surface area contributed by atoms with Gasteiger partial charge in [-0.25, -0.2) is 8.42 Å². The molecule has 0 atom stereocenters. The number of nitrogens with zero attached hydrogens (tertiary/aromatic N) is 2. The Balaban J connectivity index is 2.03. The van der Waals surface area contributed by atoms with Crippen molar-refractivity contribution >= 4 is 21.8 Å². The predicted octanol–water partition coefficient (Wildman–Crippen LogP) is 1.07. The van der Waals surface area contributed by atoms with E-state index in [9.17, 15) is 18.0 Å². The molecule has 0 saturated carbocycles. The molecule has 7 nitrogen and oxygen atoms in total. The van der Waals surface area contributed by atoms with E-state index in [0.717, 1.165) is 12.8 Å². The van der Waals surface area contributed by atoms with Crippen LogP contribution < -0.4 is 5.32 Å². The van der Waals surface area contributed by atoms with E-state index in [2.05, 4.69) is 5.32 Å². The highest BCUT2D eigenvalue weighted by Gasteiger charge is 2.29. The summed E-state index contributed by atoms with van der Waals surface area (Å²) in [5, 5.41) is 2.80. The van der Waals surface area contributed by atoms with Crippen LogP contribution in [0.3, 0.4) is 0 Å². The highest BCUT2D eigenvalue weighted by Crippen LogP contribution is 2.18. The first-order valence-corrected chi connectivity index (χ1v) is 9.94. The third kappa shape index (κ3) is 4.79. The predicted molar refractivity (Wildman–Crippen MR) is 94.7 cm³/mol. The lowest BCUT2D eigenvalue weighted by molar-refractivity contribution is -0.129. The number of carbonyl (C=O) groups excluding carboxylic acids is 2. The van der Waals surface area contributed by atoms with E-state index in [4.69, 9.17) is 0 Å². The Labute approximate surface area is 149 Å². The number of carbonyl (C=O) groups is 2. The number of nitrogens with one attached hydrogen (secondary N) is 1. The largest absolute Gasteiger partial charge is 0.352 e. The Morgan fingerprint density at radius 1 is 1.08 bits per heavy atom. The number of hydrogen-bond acceptors (Lipinski definition) is 4. The lowest BCUT2D eigenvalue weighted by Gasteiger charge is -2.33. The second-order valence-corrected chi connectivity index (χ2v) is 7.98. The van der Waals surface area contributed by atoms with Crippen LogP contribution in [0.2, 0.25) is 0 Å². The molecule has 0 bridgehead atoms. The van der Waals surface area contributed by atoms with Crippen LogP contribution in [0.25, 0.3) is 0 Å². The lowest BCUT2D eigenvalue weighted by atomic mass is 10.2. The minimum absolute atomic E-state index is 0.0458. The molecule has 0 unspecified atom stereocenters. The van der Waals surface area contributed by atoms with Gasteiger partial charge in [-0.05, 0) is 30.7 Å². The van der Waals surface area contributed by atoms with Gasteiger partial charge in [0, 0.05) is 45.2 Å². The van der Waals surface area contributed by atoms with Crippen LogP contribution in [0.1, 0.15) is 37.0 Å². The summed E-state index contributed by atoms with van der Waals surface area (Å²) in [6.45, 7) is 5.48. The summed E-state index contributed by atoms with van der Waals surface area (Å²) in [7, 11) is -3.61. The number of piperazine rings is 1. The Morgan fingerprint density at radius 3 is 2.20 bits per heavy atom. The topological polar surface area (TPSA) is 86.8 Å². The Morgan fingerprint density at radius 2 is 1.68 bits per heavy atom. The van der Waals surface area contributed by atoms with Gasteiger partial charge in [0.1, 0.15) is 0 Å². The number of unbranched alkanes of at least 4 members (excludes halogenated alkanes) is 1. The normalized spacial score (nSPS) is 15.8. The molecule has 1 aromatic rings. The molecule has 1 heterocycles. The molecule has 25 heavy (non-hydrogen) atoms. The van der Waals surface area contributed by atoms with Gasteiger partial charge >= 0.3 is 0 Å². The van der Waals surface area contributed by atoms with E-state index >= 15 is 0 Å². The van der Waals surface area contributed by atoms with Gasteiger partial charge in [0.2, 0.25) is 15.9 Å². The standard InChI is InChI=1S/C17H25N3O4S/c1-3-4-9-18-17(22)15-5-7-16(8-6-15)25(23,24)20-12-10-19(11-13-20)14(2)21/h5-8H,3-4,9-13H2,1-2H3,(H,18,22). The first kappa shape index (κ1) is 19.4. The maximum absolute atomic E-state index is 12.7. The molecule has 0 radical (unpaired) electrons. The van der Waals surface area contributed by atoms with Gasteiger partial charge in [-0.2, -0.15) is 4.31 Å². The molecular weight excluding hydrogens is 342 g/mol. The van der Waals surface area contributed by atoms with Crippen molar-refractivity contribution < 1.29 is 18.0 Å². The van der Waals surface area contributed by atoms with Gasteiger partial charge in [-0.15, -0.1) is 0 Å². The van der Waals surface area contributed by atoms with Crippen molar-refractivity contribution in [2.75, 3.05) is 32.7 Å². The van der Waals surface area contributed by atoms with Crippen molar-refractivity contribution in [3.05, 3.63) is 29.8 Å². The molecule has 2 rings (SSSR count). The fourth-order valence-corrected chi connectivity index (χ4v) is 4.07. The summed E-state index contributed by atoms with van der Waals surface area (Å²) < 4.78 is 26.7. The number of benzene rings is 1. The van der Waals surface area contributed by atoms with Gasteiger partial charge < -0.3 is 10.2 Å². The molecule has 0 aliphatic carbocycles. The van der Waals surface area contributed by atoms with Crippen molar-refractivity contribution in [3.63, 3.8) is 0 Å². The summed E-state index contributed by atoms with van der Waals surface area (Å²) in [5.74, 6) is -0.247. The van der Waals surface area contributed by atoms with Gasteiger partial charge in [0.05, 0.1) is 4.90 Å². The average Bonchev–Trinajstić information content (AvgIpc) is 2.62. The molecule has 1 aliphatic heterocycles. The second-order valence-electron chi connectivity index (χ2n) is 6.04. The van der Waals surface area contributed by atoms with Crippen LogP contribution in [-0.2, 0) is 14.8 Å². The van der Waals surface area contributed by atoms with Crippen molar-refractivity contribution in [2.45, 2.75) is 31.6 Å². The van der Waals surface area contributed by atoms with Crippen LogP contribution in [-0.4, -0.2) is 62.2 Å². The number of rotatable bonds is 6. The molecule has 1 aromatic carbocycles. The molecule has 8 heteroatoms. The van der Waals surface area contributed by atoms with Crippen LogP contribution in [0, 0.1) is 0 Å². The zero-order valence-electron chi connectivity index (χ0n) is 14.7. The van der Waals surface area contributed by atoms with Crippen LogP contribution in [0.4, 0.5) is 0 Å². The van der Waals surface area contributed by atoms with Gasteiger partial charge in [0.15, 0.2) is 0 Å². The van der Waals surface area contributed by atoms with E-state index in [1.54, 1.807) is 4.90 Å². The van der Waals surface area contributed by atoms with Crippen molar-refractivity contribution in [1.29, 1.82) is 0 Å². The van der Waals surface area contributed by atoms with E-state index in [-0.39, 0.29) is 29.8 Å². The minimum Gasteiger partial charge on any atom is -0.352 e. The number of hydrogen-bond donors (Lipinski definition) is 1. The average molecular weight is 367 g/mol. The summed E-state index contributed by atoms with van der Waals surface area (Å²) in [6, 6.07) is 5.97. The van der Waals surface area contributed by atoms with Gasteiger partial charge in [-0.3, -0.25) is 9.59 Å². The third-order valence-corrected chi connectivity index (χ3v) is 6.17. The van der Waals surface area contributed by atoms with Crippen LogP contribution in [0.15, 0.2) is 29.2 Å². The Kier molecular flexibility index (Phi) is 6.55. The smallest absolute Gasteiger partial charge is 0.251 e. The van der Waals surface area contributed by atoms with E-state index in [0.29, 0.717) is 25.2 Å². The zero-order chi connectivity index (χ0) is 18.4. The molecule has 1 fully saturated rings. The first-order valence-electron chi connectivity index (χ1n) is 8.50. The molecule has 1 aliphatic rings. The number of sulfonamides is 1. The summed E-state index contributed by atoms with van der Waals surface area (Å²) in [6.07, 6.45) is 1.90. The molecule has 1 saturated heterocycles. The maximum atomic E-state index is 12.7. The Bertz CT molecular complexity index is 708. The molecule has 138 valence electrons. The van der Waals surface area contributed by atoms with E-state index in [1.807, 2.05) is 6.92 Å². The third-order valence-electron chi connectivity index (χ3n) is 4.25. The maximum Gasteiger partial charge on any atom is 0.251 e. The van der Waals surface area contributed by atoms with E-state index < -0.39 is 10.0 Å². The summed E-state index contributed by atoms with van der Waals surface area (Å²) >= 11 is 0. The monoisotopic (exact) mass is 367 g/mol. The van der Waals surface area contributed by atoms with Crippen LogP contribution >= 0.6 is 0 Å². The fourth-order valence-electron chi connectivity index (χ4n) is 2.65. The molecule has 2 amide bonds. The van der Waals surface area contributed by atoms with Gasteiger partial charge in [-0.1, -0.05) is 13.3 Å². The van der Waals surface area contributed by atoms with Crippen molar-refractivity contribution in [1.82, 2.24) is 14.5 Å². The minimum atomic E-state index is -3.61. The molecule has 1 N–H and O–H groups in total. The first-order chi connectivity index (χ1) is 11.9. The summed E-state index contributed by atoms with van der Waals surface area (Å²) in [4.78, 5) is 25.1. The molecule has 0 aromatic heterocycles. The second kappa shape index (κ2) is 8.44. The fraction of sp³-hybridized carbons (Fsp3) is 0.529. The SMILES string of the molecule is CCCCNC(=O)c1ccc(S(=O)(=O)N2CCN(C(C)=O)CC2)cc1. The number of amides is 2.